The van der Waals surface area contributed by atoms with Crippen molar-refractivity contribution in [3.05, 3.63) is 34.8 Å². The minimum atomic E-state index is 0.0121. The molecule has 1 atom stereocenters. The van der Waals surface area contributed by atoms with E-state index in [1.165, 1.54) is 0 Å². The Morgan fingerprint density at radius 2 is 2.21 bits per heavy atom. The number of hydrogen-bond acceptors (Lipinski definition) is 3. The van der Waals surface area contributed by atoms with Gasteiger partial charge in [0.15, 0.2) is 0 Å². The highest BCUT2D eigenvalue weighted by atomic mass is 79.9. The van der Waals surface area contributed by atoms with E-state index in [0.29, 0.717) is 18.8 Å². The first-order chi connectivity index (χ1) is 9.20. The van der Waals surface area contributed by atoms with Gasteiger partial charge in [-0.15, -0.1) is 0 Å². The molecular formula is C14H13BrN2O2. The molecule has 1 fully saturated rings. The maximum atomic E-state index is 11.1. The Balaban J connectivity index is 1.78. The third-order valence-corrected chi connectivity index (χ3v) is 3.63. The van der Waals surface area contributed by atoms with Crippen LogP contribution in [0, 0.1) is 0 Å². The summed E-state index contributed by atoms with van der Waals surface area (Å²) in [7, 11) is 0. The molecule has 19 heavy (non-hydrogen) atoms. The fourth-order valence-corrected chi connectivity index (χ4v) is 2.50. The predicted octanol–water partition coefficient (Wildman–Crippen LogP) is 2.65. The maximum absolute atomic E-state index is 11.1. The first kappa shape index (κ1) is 12.4. The first-order valence-corrected chi connectivity index (χ1v) is 7.00. The Labute approximate surface area is 119 Å². The number of halogens is 1. The minimum absolute atomic E-state index is 0.0121. The summed E-state index contributed by atoms with van der Waals surface area (Å²) in [5, 5.41) is 3.87. The number of hydrogen-bond donors (Lipinski definition) is 1. The van der Waals surface area contributed by atoms with Gasteiger partial charge in [-0.2, -0.15) is 0 Å². The molecule has 0 spiro atoms. The lowest BCUT2D eigenvalue weighted by Gasteiger charge is -2.23. The summed E-state index contributed by atoms with van der Waals surface area (Å²) in [6.45, 7) is 0.554. The fourth-order valence-electron chi connectivity index (χ4n) is 2.12. The maximum Gasteiger partial charge on any atom is 0.220 e. The van der Waals surface area contributed by atoms with Crippen LogP contribution in [0.15, 0.2) is 34.8 Å². The summed E-state index contributed by atoms with van der Waals surface area (Å²) in [6, 6.07) is 9.79. The van der Waals surface area contributed by atoms with E-state index in [4.69, 9.17) is 4.74 Å². The van der Waals surface area contributed by atoms with Crippen LogP contribution in [0.3, 0.4) is 0 Å². The molecule has 0 saturated carbocycles. The van der Waals surface area contributed by atoms with E-state index in [0.717, 1.165) is 21.8 Å². The molecule has 5 heteroatoms. The van der Waals surface area contributed by atoms with Crippen LogP contribution in [0.2, 0.25) is 0 Å². The van der Waals surface area contributed by atoms with Crippen LogP contribution < -0.4 is 10.1 Å². The van der Waals surface area contributed by atoms with E-state index in [1.54, 1.807) is 0 Å². The standard InChI is InChI=1S/C14H13BrN2O2/c15-10-2-4-12-9(7-10)1-6-14(17-12)19-11-3-5-13(18)16-8-11/h1-2,4,6-7,11H,3,5,8H2,(H,16,18). The highest BCUT2D eigenvalue weighted by Gasteiger charge is 2.19. The molecule has 2 heterocycles. The van der Waals surface area contributed by atoms with Gasteiger partial charge in [0.05, 0.1) is 12.1 Å². The summed E-state index contributed by atoms with van der Waals surface area (Å²) in [5.41, 5.74) is 0.903. The summed E-state index contributed by atoms with van der Waals surface area (Å²) < 4.78 is 6.84. The lowest BCUT2D eigenvalue weighted by molar-refractivity contribution is -0.123. The van der Waals surface area contributed by atoms with Gasteiger partial charge in [-0.25, -0.2) is 4.98 Å². The Morgan fingerprint density at radius 3 is 3.00 bits per heavy atom. The quantitative estimate of drug-likeness (QED) is 0.925. The molecule has 1 aromatic carbocycles. The Morgan fingerprint density at radius 1 is 1.32 bits per heavy atom. The molecule has 1 unspecified atom stereocenters. The zero-order chi connectivity index (χ0) is 13.2. The van der Waals surface area contributed by atoms with E-state index < -0.39 is 0 Å². The lowest BCUT2D eigenvalue weighted by Crippen LogP contribution is -2.40. The van der Waals surface area contributed by atoms with Gasteiger partial charge in [0.2, 0.25) is 11.8 Å². The normalized spacial score (nSPS) is 19.2. The van der Waals surface area contributed by atoms with Crippen molar-refractivity contribution in [1.29, 1.82) is 0 Å². The Kier molecular flexibility index (Phi) is 3.38. The molecule has 98 valence electrons. The molecule has 0 aliphatic carbocycles. The number of fused-ring (bicyclic) bond motifs is 1. The molecule has 0 radical (unpaired) electrons. The van der Waals surface area contributed by atoms with Crippen molar-refractivity contribution in [2.24, 2.45) is 0 Å². The number of ether oxygens (including phenoxy) is 1. The number of carbonyl (C=O) groups is 1. The average molecular weight is 321 g/mol. The van der Waals surface area contributed by atoms with E-state index in [-0.39, 0.29) is 12.0 Å². The number of amides is 1. The minimum Gasteiger partial charge on any atom is -0.472 e. The van der Waals surface area contributed by atoms with Crippen molar-refractivity contribution in [2.75, 3.05) is 6.54 Å². The summed E-state index contributed by atoms with van der Waals surface area (Å²) in [4.78, 5) is 15.6. The molecule has 4 nitrogen and oxygen atoms in total. The fraction of sp³-hybridized carbons (Fsp3) is 0.286. The third-order valence-electron chi connectivity index (χ3n) is 3.13. The lowest BCUT2D eigenvalue weighted by atomic mass is 10.1. The van der Waals surface area contributed by atoms with E-state index in [9.17, 15) is 4.79 Å². The highest BCUT2D eigenvalue weighted by molar-refractivity contribution is 9.10. The Bertz CT molecular complexity index is 620. The first-order valence-electron chi connectivity index (χ1n) is 6.20. The smallest absolute Gasteiger partial charge is 0.220 e. The molecule has 1 saturated heterocycles. The van der Waals surface area contributed by atoms with Gasteiger partial charge in [-0.05, 0) is 30.7 Å². The van der Waals surface area contributed by atoms with E-state index in [2.05, 4.69) is 26.2 Å². The predicted molar refractivity (Wildman–Crippen MR) is 76.1 cm³/mol. The second kappa shape index (κ2) is 5.17. The molecule has 2 aromatic rings. The molecule has 1 aliphatic heterocycles. The summed E-state index contributed by atoms with van der Waals surface area (Å²) in [5.74, 6) is 0.701. The van der Waals surface area contributed by atoms with Crippen molar-refractivity contribution < 1.29 is 9.53 Å². The monoisotopic (exact) mass is 320 g/mol. The number of aromatic nitrogens is 1. The van der Waals surface area contributed by atoms with Crippen LogP contribution in [0.25, 0.3) is 10.9 Å². The van der Waals surface area contributed by atoms with Gasteiger partial charge in [0.1, 0.15) is 6.10 Å². The zero-order valence-electron chi connectivity index (χ0n) is 10.2. The molecule has 1 amide bonds. The Hall–Kier alpha value is -1.62. The average Bonchev–Trinajstić information content (AvgIpc) is 2.42. The molecule has 1 aromatic heterocycles. The van der Waals surface area contributed by atoms with Crippen molar-refractivity contribution in [3.8, 4) is 5.88 Å². The summed E-state index contributed by atoms with van der Waals surface area (Å²) in [6.07, 6.45) is 1.27. The number of rotatable bonds is 2. The molecule has 1 N–H and O–H groups in total. The van der Waals surface area contributed by atoms with Gasteiger partial charge in [0, 0.05) is 22.3 Å². The van der Waals surface area contributed by atoms with Crippen molar-refractivity contribution in [2.45, 2.75) is 18.9 Å². The van der Waals surface area contributed by atoms with Gasteiger partial charge in [-0.3, -0.25) is 4.79 Å². The molecule has 3 rings (SSSR count). The van der Waals surface area contributed by atoms with Gasteiger partial charge < -0.3 is 10.1 Å². The van der Waals surface area contributed by atoms with Gasteiger partial charge >= 0.3 is 0 Å². The molecular weight excluding hydrogens is 308 g/mol. The second-order valence-electron chi connectivity index (χ2n) is 4.57. The topological polar surface area (TPSA) is 51.2 Å². The molecule has 1 aliphatic rings. The van der Waals surface area contributed by atoms with Crippen molar-refractivity contribution in [1.82, 2.24) is 10.3 Å². The van der Waals surface area contributed by atoms with Crippen LogP contribution in [0.5, 0.6) is 5.88 Å². The number of carbonyl (C=O) groups excluding carboxylic acids is 1. The zero-order valence-corrected chi connectivity index (χ0v) is 11.8. The van der Waals surface area contributed by atoms with Crippen LogP contribution in [-0.4, -0.2) is 23.5 Å². The van der Waals surface area contributed by atoms with Crippen LogP contribution in [0.1, 0.15) is 12.8 Å². The van der Waals surface area contributed by atoms with Crippen molar-refractivity contribution in [3.63, 3.8) is 0 Å². The second-order valence-corrected chi connectivity index (χ2v) is 5.48. The van der Waals surface area contributed by atoms with Crippen LogP contribution >= 0.6 is 15.9 Å². The molecule has 0 bridgehead atoms. The van der Waals surface area contributed by atoms with Gasteiger partial charge in [0.25, 0.3) is 0 Å². The number of pyridine rings is 1. The van der Waals surface area contributed by atoms with Crippen molar-refractivity contribution >= 4 is 32.7 Å². The summed E-state index contributed by atoms with van der Waals surface area (Å²) >= 11 is 3.44. The van der Waals surface area contributed by atoms with Crippen LogP contribution in [0.4, 0.5) is 0 Å². The van der Waals surface area contributed by atoms with Gasteiger partial charge in [-0.1, -0.05) is 15.9 Å². The number of nitrogens with zero attached hydrogens (tertiary/aromatic N) is 1. The van der Waals surface area contributed by atoms with E-state index in [1.807, 2.05) is 30.3 Å². The number of piperidine rings is 1. The van der Waals surface area contributed by atoms with E-state index >= 15 is 0 Å². The largest absolute Gasteiger partial charge is 0.472 e. The van der Waals surface area contributed by atoms with Crippen LogP contribution in [-0.2, 0) is 4.79 Å². The third kappa shape index (κ3) is 2.87. The highest BCUT2D eigenvalue weighted by Crippen LogP contribution is 2.22. The number of nitrogens with one attached hydrogen (secondary N) is 1. The number of benzene rings is 1. The SMILES string of the molecule is O=C1CCC(Oc2ccc3cc(Br)ccc3n2)CN1.